The third-order valence-electron chi connectivity index (χ3n) is 6.26. The van der Waals surface area contributed by atoms with Gasteiger partial charge in [0.1, 0.15) is 10.6 Å². The van der Waals surface area contributed by atoms with Gasteiger partial charge in [0, 0.05) is 31.9 Å². The molecule has 1 aromatic rings. The lowest BCUT2D eigenvalue weighted by Crippen LogP contribution is -2.41. The molecule has 0 spiro atoms. The number of amides is 1. The van der Waals surface area contributed by atoms with Crippen LogP contribution in [0.25, 0.3) is 0 Å². The first kappa shape index (κ1) is 21.5. The highest BCUT2D eigenvalue weighted by Crippen LogP contribution is 2.43. The van der Waals surface area contributed by atoms with E-state index in [1.54, 1.807) is 11.8 Å². The maximum Gasteiger partial charge on any atom is 0.262 e. The molecule has 0 aromatic heterocycles. The van der Waals surface area contributed by atoms with Gasteiger partial charge in [0.05, 0.1) is 24.7 Å². The fourth-order valence-corrected chi connectivity index (χ4v) is 5.45. The smallest absolute Gasteiger partial charge is 0.262 e. The van der Waals surface area contributed by atoms with Crippen molar-refractivity contribution in [2.24, 2.45) is 0 Å². The van der Waals surface area contributed by atoms with Gasteiger partial charge in [0.15, 0.2) is 0 Å². The highest BCUT2D eigenvalue weighted by atomic mass is 32.2. The number of carbonyl (C=O) groups excluding carboxylic acids is 1. The molecule has 2 atom stereocenters. The van der Waals surface area contributed by atoms with Crippen molar-refractivity contribution >= 4 is 17.7 Å². The third-order valence-corrected chi connectivity index (χ3v) is 7.53. The quantitative estimate of drug-likeness (QED) is 0.670. The monoisotopic (exact) mass is 431 g/mol. The molecule has 164 valence electrons. The average Bonchev–Trinajstić information content (AvgIpc) is 3.38. The molecule has 1 amide bonds. The fourth-order valence-electron chi connectivity index (χ4n) is 4.30. The molecule has 0 bridgehead atoms. The van der Waals surface area contributed by atoms with Gasteiger partial charge in [-0.3, -0.25) is 4.79 Å². The Morgan fingerprint density at radius 2 is 2.03 bits per heavy atom. The summed E-state index contributed by atoms with van der Waals surface area (Å²) < 4.78 is 11.3. The highest BCUT2D eigenvalue weighted by Gasteiger charge is 2.36. The number of carbonyl (C=O) groups is 1. The molecule has 7 heteroatoms. The van der Waals surface area contributed by atoms with Crippen LogP contribution in [0, 0.1) is 0 Å². The summed E-state index contributed by atoms with van der Waals surface area (Å²) in [7, 11) is 0. The Morgan fingerprint density at radius 3 is 2.73 bits per heavy atom. The summed E-state index contributed by atoms with van der Waals surface area (Å²) >= 11 is 1.58. The molecule has 1 aromatic carbocycles. The minimum Gasteiger partial charge on any atom is -0.494 e. The van der Waals surface area contributed by atoms with Crippen molar-refractivity contribution in [2.45, 2.75) is 44.0 Å². The van der Waals surface area contributed by atoms with Crippen LogP contribution >= 0.6 is 11.8 Å². The van der Waals surface area contributed by atoms with Crippen molar-refractivity contribution in [3.63, 3.8) is 0 Å². The van der Waals surface area contributed by atoms with Crippen molar-refractivity contribution in [3.05, 3.63) is 40.9 Å². The van der Waals surface area contributed by atoms with E-state index in [1.807, 2.05) is 23.2 Å². The zero-order valence-electron chi connectivity index (χ0n) is 18.1. The first-order valence-corrected chi connectivity index (χ1v) is 11.9. The van der Waals surface area contributed by atoms with Crippen molar-refractivity contribution in [1.82, 2.24) is 15.1 Å². The molecule has 6 nitrogen and oxygen atoms in total. The van der Waals surface area contributed by atoms with Crippen LogP contribution in [-0.4, -0.2) is 67.7 Å². The standard InChI is InChI=1S/C23H33N3O3S/c1-18-5-3-10-25(18)11-4-14-29-20-8-6-19(7-9-20)23(2)24-17-21(30-23)22(27)26-12-15-28-16-13-26/h6-9,17-18,24H,3-5,10-16H2,1-2H3/t18-,23?/m0/s1. The number of likely N-dealkylation sites (tertiary alicyclic amines) is 1. The van der Waals surface area contributed by atoms with Gasteiger partial charge >= 0.3 is 0 Å². The predicted octanol–water partition coefficient (Wildman–Crippen LogP) is 3.15. The number of ether oxygens (including phenoxy) is 2. The molecular formula is C23H33N3O3S. The van der Waals surface area contributed by atoms with Crippen LogP contribution in [0.3, 0.4) is 0 Å². The van der Waals surface area contributed by atoms with E-state index in [-0.39, 0.29) is 10.8 Å². The molecule has 3 aliphatic rings. The van der Waals surface area contributed by atoms with Crippen LogP contribution in [0.15, 0.2) is 35.4 Å². The molecule has 3 heterocycles. The van der Waals surface area contributed by atoms with Crippen LogP contribution in [0.5, 0.6) is 5.75 Å². The van der Waals surface area contributed by atoms with Gasteiger partial charge in [-0.05, 0) is 57.4 Å². The van der Waals surface area contributed by atoms with Gasteiger partial charge in [0.25, 0.3) is 5.91 Å². The number of morpholine rings is 1. The predicted molar refractivity (Wildman–Crippen MR) is 120 cm³/mol. The Hall–Kier alpha value is -1.70. The lowest BCUT2D eigenvalue weighted by atomic mass is 10.1. The Bertz CT molecular complexity index is 763. The largest absolute Gasteiger partial charge is 0.494 e. The summed E-state index contributed by atoms with van der Waals surface area (Å²) in [5.41, 5.74) is 1.13. The molecule has 2 fully saturated rings. The normalized spacial score (nSPS) is 27.1. The second kappa shape index (κ2) is 9.62. The van der Waals surface area contributed by atoms with E-state index in [4.69, 9.17) is 9.47 Å². The topological polar surface area (TPSA) is 54.0 Å². The minimum absolute atomic E-state index is 0.0896. The molecule has 1 unspecified atom stereocenters. The van der Waals surface area contributed by atoms with E-state index < -0.39 is 0 Å². The number of benzene rings is 1. The second-order valence-corrected chi connectivity index (χ2v) is 9.91. The number of rotatable bonds is 7. The summed E-state index contributed by atoms with van der Waals surface area (Å²) in [6.45, 7) is 10.1. The molecule has 0 aliphatic carbocycles. The number of hydrogen-bond acceptors (Lipinski definition) is 6. The molecule has 4 rings (SSSR count). The van der Waals surface area contributed by atoms with Crippen LogP contribution in [0.1, 0.15) is 38.7 Å². The van der Waals surface area contributed by atoms with Crippen molar-refractivity contribution in [1.29, 1.82) is 0 Å². The number of hydrogen-bond donors (Lipinski definition) is 1. The van der Waals surface area contributed by atoms with E-state index in [2.05, 4.69) is 36.2 Å². The van der Waals surface area contributed by atoms with E-state index in [0.717, 1.165) is 41.8 Å². The number of thioether (sulfide) groups is 1. The van der Waals surface area contributed by atoms with Crippen molar-refractivity contribution < 1.29 is 14.3 Å². The van der Waals surface area contributed by atoms with E-state index >= 15 is 0 Å². The first-order chi connectivity index (χ1) is 14.5. The van der Waals surface area contributed by atoms with E-state index in [0.29, 0.717) is 26.3 Å². The number of nitrogens with one attached hydrogen (secondary N) is 1. The minimum atomic E-state index is -0.346. The lowest BCUT2D eigenvalue weighted by molar-refractivity contribution is -0.130. The molecular weight excluding hydrogens is 398 g/mol. The Balaban J connectivity index is 1.26. The summed E-state index contributed by atoms with van der Waals surface area (Å²) in [6.07, 6.45) is 5.55. The average molecular weight is 432 g/mol. The SMILES string of the molecule is C[C@H]1CCCN1CCCOc1ccc(C2(C)NC=C(C(=O)N3CCOCC3)S2)cc1. The maximum absolute atomic E-state index is 12.8. The van der Waals surface area contributed by atoms with Crippen LogP contribution < -0.4 is 10.1 Å². The van der Waals surface area contributed by atoms with E-state index in [9.17, 15) is 4.79 Å². The van der Waals surface area contributed by atoms with Gasteiger partial charge in [-0.15, -0.1) is 0 Å². The van der Waals surface area contributed by atoms with Crippen molar-refractivity contribution in [3.8, 4) is 5.75 Å². The fraction of sp³-hybridized carbons (Fsp3) is 0.609. The summed E-state index contributed by atoms with van der Waals surface area (Å²) in [5.74, 6) is 0.990. The molecule has 0 saturated carbocycles. The first-order valence-electron chi connectivity index (χ1n) is 11.1. The Kier molecular flexibility index (Phi) is 6.91. The van der Waals surface area contributed by atoms with Crippen LogP contribution in [0.2, 0.25) is 0 Å². The third kappa shape index (κ3) is 4.95. The van der Waals surface area contributed by atoms with Gasteiger partial charge in [-0.2, -0.15) is 0 Å². The Morgan fingerprint density at radius 1 is 1.27 bits per heavy atom. The summed E-state index contributed by atoms with van der Waals surface area (Å²) in [6, 6.07) is 8.96. The number of nitrogens with zero attached hydrogens (tertiary/aromatic N) is 2. The van der Waals surface area contributed by atoms with E-state index in [1.165, 1.54) is 19.4 Å². The Labute approximate surface area is 184 Å². The zero-order valence-corrected chi connectivity index (χ0v) is 18.9. The molecule has 0 radical (unpaired) electrons. The zero-order chi connectivity index (χ0) is 21.0. The maximum atomic E-state index is 12.8. The van der Waals surface area contributed by atoms with Crippen LogP contribution in [-0.2, 0) is 14.4 Å². The lowest BCUT2D eigenvalue weighted by Gasteiger charge is -2.28. The van der Waals surface area contributed by atoms with Gasteiger partial charge in [-0.25, -0.2) is 0 Å². The van der Waals surface area contributed by atoms with Crippen LogP contribution in [0.4, 0.5) is 0 Å². The summed E-state index contributed by atoms with van der Waals surface area (Å²) in [4.78, 5) is 17.6. The van der Waals surface area contributed by atoms with Gasteiger partial charge in [0.2, 0.25) is 0 Å². The summed E-state index contributed by atoms with van der Waals surface area (Å²) in [5, 5.41) is 3.40. The second-order valence-electron chi connectivity index (χ2n) is 8.45. The highest BCUT2D eigenvalue weighted by molar-refractivity contribution is 8.05. The van der Waals surface area contributed by atoms with Gasteiger partial charge < -0.3 is 24.6 Å². The molecule has 1 N–H and O–H groups in total. The molecule has 3 aliphatic heterocycles. The molecule has 30 heavy (non-hydrogen) atoms. The van der Waals surface area contributed by atoms with Gasteiger partial charge in [-0.1, -0.05) is 23.9 Å². The molecule has 2 saturated heterocycles. The van der Waals surface area contributed by atoms with Crippen molar-refractivity contribution in [2.75, 3.05) is 46.0 Å².